The zero-order valence-electron chi connectivity index (χ0n) is 4.25. The molecule has 7 heavy (non-hydrogen) atoms. The first-order valence-electron chi connectivity index (χ1n) is 0. The van der Waals surface area contributed by atoms with Gasteiger partial charge in [-0.3, -0.25) is 0 Å². The summed E-state index contributed by atoms with van der Waals surface area (Å²) >= 11 is 0. The second-order valence-electron chi connectivity index (χ2n) is 0. The Morgan fingerprint density at radius 1 is 0.857 bits per heavy atom. The van der Waals surface area contributed by atoms with Gasteiger partial charge >= 0.3 is 69.2 Å². The Kier molecular flexibility index (Phi) is 2020. The molecule has 0 amide bonds. The van der Waals surface area contributed by atoms with E-state index in [9.17, 15) is 0 Å². The van der Waals surface area contributed by atoms with E-state index in [4.69, 9.17) is 0 Å². The van der Waals surface area contributed by atoms with Crippen LogP contribution in [0.3, 0.4) is 0 Å². The van der Waals surface area contributed by atoms with Gasteiger partial charge in [0.05, 0.1) is 0 Å². The van der Waals surface area contributed by atoms with Crippen LogP contribution in [0.25, 0.3) is 0 Å². The standard InChI is InChI=1S/Co.Li.Mn.Ni.3O.H/q+2;+1;2*+2;3*-2;-1. The average Bonchev–Trinajstić information content (AvgIpc) is 0. The van der Waals surface area contributed by atoms with Crippen LogP contribution in [0.4, 0.5) is 0 Å². The third kappa shape index (κ3) is 72.1. The van der Waals surface area contributed by atoms with E-state index in [0.29, 0.717) is 0 Å². The summed E-state index contributed by atoms with van der Waals surface area (Å²) < 4.78 is 0. The minimum atomic E-state index is 0. The van der Waals surface area contributed by atoms with Gasteiger partial charge in [-0.25, -0.2) is 0 Å². The molecule has 0 atom stereocenters. The van der Waals surface area contributed by atoms with Crippen LogP contribution < -0.4 is 18.9 Å². The molecule has 0 bridgehead atoms. The molecule has 0 unspecified atom stereocenters. The number of rotatable bonds is 0. The molecule has 0 aromatic carbocycles. The Balaban J connectivity index is 0. The monoisotopic (exact) mass is 228 g/mol. The summed E-state index contributed by atoms with van der Waals surface area (Å²) in [5, 5.41) is 0. The van der Waals surface area contributed by atoms with Gasteiger partial charge in [0, 0.05) is 0 Å². The second kappa shape index (κ2) is 98.2. The third-order valence-electron chi connectivity index (χ3n) is 0. The normalized spacial score (nSPS) is 0. The van der Waals surface area contributed by atoms with Crippen molar-refractivity contribution in [2.75, 3.05) is 0 Å². The molecular weight excluding hydrogens is 228 g/mol. The topological polar surface area (TPSA) is 85.5 Å². The molecule has 0 fully saturated rings. The Bertz CT molecular complexity index is 19.2. The summed E-state index contributed by atoms with van der Waals surface area (Å²) in [5.74, 6) is 0. The molecule has 0 N–H and O–H groups in total. The van der Waals surface area contributed by atoms with E-state index in [1.165, 1.54) is 0 Å². The molecular formula is HCoLiMnNiO3. The molecule has 2 radical (unpaired) electrons. The van der Waals surface area contributed by atoms with E-state index >= 15 is 0 Å². The van der Waals surface area contributed by atoms with E-state index in [2.05, 4.69) is 0 Å². The minimum absolute atomic E-state index is 0. The maximum absolute atomic E-state index is 0. The summed E-state index contributed by atoms with van der Waals surface area (Å²) in [6, 6.07) is 0. The molecule has 46 valence electrons. The molecule has 7 heteroatoms. The molecule has 0 aromatic rings. The van der Waals surface area contributed by atoms with Crippen molar-refractivity contribution in [3.05, 3.63) is 0 Å². The van der Waals surface area contributed by atoms with Crippen molar-refractivity contribution in [2.24, 2.45) is 0 Å². The predicted octanol–water partition coefficient (Wildman–Crippen LogP) is -3.25. The summed E-state index contributed by atoms with van der Waals surface area (Å²) in [6.07, 6.45) is 0. The van der Waals surface area contributed by atoms with Crippen molar-refractivity contribution in [3.63, 3.8) is 0 Å². The van der Waals surface area contributed by atoms with Gasteiger partial charge in [0.1, 0.15) is 0 Å². The fourth-order valence-corrected chi connectivity index (χ4v) is 0. The molecule has 3 nitrogen and oxygen atoms in total. The Morgan fingerprint density at radius 2 is 0.857 bits per heavy atom. The van der Waals surface area contributed by atoms with Crippen LogP contribution in [0, 0.1) is 0 Å². The first-order valence-corrected chi connectivity index (χ1v) is 0. The van der Waals surface area contributed by atoms with Crippen molar-refractivity contribution >= 4 is 0 Å². The SMILES string of the molecule is [Co+2].[H-].[Li+].[Mn+2].[Ni+2].[O-2].[O-2].[O-2]. The van der Waals surface area contributed by atoms with Crippen LogP contribution in [0.1, 0.15) is 1.43 Å². The van der Waals surface area contributed by atoms with Gasteiger partial charge in [-0.1, -0.05) is 0 Å². The zero-order chi connectivity index (χ0) is 0. The van der Waals surface area contributed by atoms with Crippen molar-refractivity contribution in [1.82, 2.24) is 0 Å². The first kappa shape index (κ1) is 144. The molecule has 0 aliphatic carbocycles. The average molecular weight is 229 g/mol. The zero-order valence-corrected chi connectivity index (χ0v) is 6.46. The molecule has 0 heterocycles. The Morgan fingerprint density at radius 3 is 0.857 bits per heavy atom. The van der Waals surface area contributed by atoms with Crippen LogP contribution >= 0.6 is 0 Å². The Hall–Kier alpha value is 2.00. The van der Waals surface area contributed by atoms with Crippen molar-refractivity contribution in [1.29, 1.82) is 0 Å². The van der Waals surface area contributed by atoms with Crippen LogP contribution in [0.15, 0.2) is 0 Å². The fourth-order valence-electron chi connectivity index (χ4n) is 0. The maximum Gasteiger partial charge on any atom is 2.00 e. The third-order valence-corrected chi connectivity index (χ3v) is 0. The van der Waals surface area contributed by atoms with Gasteiger partial charge in [-0.15, -0.1) is 0 Å². The second-order valence-corrected chi connectivity index (χ2v) is 0. The molecule has 0 saturated heterocycles. The molecule has 0 spiro atoms. The van der Waals surface area contributed by atoms with E-state index in [-0.39, 0.29) is 87.1 Å². The van der Waals surface area contributed by atoms with Gasteiger partial charge < -0.3 is 17.9 Å². The quantitative estimate of drug-likeness (QED) is 0.390. The van der Waals surface area contributed by atoms with E-state index in [1.807, 2.05) is 0 Å². The molecule has 0 aliphatic heterocycles. The minimum Gasteiger partial charge on any atom is -2.00 e. The predicted molar refractivity (Wildman–Crippen MR) is 3.17 cm³/mol. The van der Waals surface area contributed by atoms with Gasteiger partial charge in [-0.05, 0) is 0 Å². The van der Waals surface area contributed by atoms with Gasteiger partial charge in [0.2, 0.25) is 0 Å². The van der Waals surface area contributed by atoms with Crippen molar-refractivity contribution < 1.29 is 87.1 Å². The maximum atomic E-state index is 0. The van der Waals surface area contributed by atoms with Crippen LogP contribution in [-0.4, -0.2) is 0 Å². The summed E-state index contributed by atoms with van der Waals surface area (Å²) in [7, 11) is 0. The molecule has 0 saturated carbocycles. The fraction of sp³-hybridized carbons (Fsp3) is 0. The van der Waals surface area contributed by atoms with Crippen molar-refractivity contribution in [2.45, 2.75) is 0 Å². The van der Waals surface area contributed by atoms with E-state index in [0.717, 1.165) is 0 Å². The van der Waals surface area contributed by atoms with Crippen LogP contribution in [0.5, 0.6) is 0 Å². The largest absolute Gasteiger partial charge is 2.00 e. The Labute approximate surface area is 86.6 Å². The summed E-state index contributed by atoms with van der Waals surface area (Å²) in [5.41, 5.74) is 0. The smallest absolute Gasteiger partial charge is 2.00 e. The van der Waals surface area contributed by atoms with Crippen LogP contribution in [0.2, 0.25) is 0 Å². The molecule has 0 aliphatic rings. The van der Waals surface area contributed by atoms with Gasteiger partial charge in [0.25, 0.3) is 0 Å². The summed E-state index contributed by atoms with van der Waals surface area (Å²) in [6.45, 7) is 0. The van der Waals surface area contributed by atoms with E-state index < -0.39 is 0 Å². The van der Waals surface area contributed by atoms with Gasteiger partial charge in [0.15, 0.2) is 0 Å². The molecule has 0 aromatic heterocycles. The number of hydrogen-bond acceptors (Lipinski definition) is 0. The number of hydrogen-bond donors (Lipinski definition) is 0. The van der Waals surface area contributed by atoms with Crippen LogP contribution in [-0.2, 0) is 66.8 Å². The summed E-state index contributed by atoms with van der Waals surface area (Å²) in [4.78, 5) is 0. The van der Waals surface area contributed by atoms with E-state index in [1.54, 1.807) is 0 Å². The van der Waals surface area contributed by atoms with Crippen molar-refractivity contribution in [3.8, 4) is 0 Å². The molecule has 0 rings (SSSR count). The van der Waals surface area contributed by atoms with Gasteiger partial charge in [-0.2, -0.15) is 0 Å². The first-order chi connectivity index (χ1) is 0.